The maximum atomic E-state index is 12.5. The molecule has 0 atom stereocenters. The lowest BCUT2D eigenvalue weighted by Crippen LogP contribution is -2.27. The van der Waals surface area contributed by atoms with Gasteiger partial charge >= 0.3 is 0 Å². The number of amides is 1. The number of oxime groups is 1. The summed E-state index contributed by atoms with van der Waals surface area (Å²) in [5.41, 5.74) is 1.27. The summed E-state index contributed by atoms with van der Waals surface area (Å²) in [5.74, 6) is -0.400. The van der Waals surface area contributed by atoms with E-state index in [0.29, 0.717) is 23.8 Å². The van der Waals surface area contributed by atoms with E-state index in [1.165, 1.54) is 22.7 Å². The first-order valence-electron chi connectivity index (χ1n) is 8.76. The predicted octanol–water partition coefficient (Wildman–Crippen LogP) is 3.11. The average Bonchev–Trinajstić information content (AvgIpc) is 3.23. The number of halogens is 1. The molecule has 2 aromatic rings. The summed E-state index contributed by atoms with van der Waals surface area (Å²) in [6.07, 6.45) is 3.24. The molecule has 0 radical (unpaired) electrons. The van der Waals surface area contributed by atoms with Gasteiger partial charge in [0.2, 0.25) is 10.0 Å². The lowest BCUT2D eigenvalue weighted by atomic mass is 10.2. The molecule has 0 bridgehead atoms. The fraction of sp³-hybridized carbons (Fsp3) is 0.263. The van der Waals surface area contributed by atoms with E-state index in [1.54, 1.807) is 36.4 Å². The first-order valence-corrected chi connectivity index (χ1v) is 10.6. The molecule has 1 fully saturated rings. The molecule has 9 heteroatoms. The number of carbonyl (C=O) groups is 1. The Balaban J connectivity index is 1.49. The molecule has 0 unspecified atom stereocenters. The van der Waals surface area contributed by atoms with Crippen LogP contribution in [0, 0.1) is 0 Å². The number of rotatable bonds is 7. The van der Waals surface area contributed by atoms with Crippen LogP contribution in [0.1, 0.15) is 18.4 Å². The minimum Gasteiger partial charge on any atom is -0.386 e. The minimum absolute atomic E-state index is 0.219. The van der Waals surface area contributed by atoms with Crippen molar-refractivity contribution < 1.29 is 18.0 Å². The second-order valence-corrected chi connectivity index (χ2v) is 8.62. The number of hydrogen-bond acceptors (Lipinski definition) is 5. The van der Waals surface area contributed by atoms with Gasteiger partial charge in [0.1, 0.15) is 0 Å². The van der Waals surface area contributed by atoms with Crippen LogP contribution in [0.3, 0.4) is 0 Å². The minimum atomic E-state index is -3.46. The zero-order chi connectivity index (χ0) is 20.0. The Morgan fingerprint density at radius 2 is 1.75 bits per heavy atom. The Kier molecular flexibility index (Phi) is 6.66. The molecule has 0 aromatic heterocycles. The van der Waals surface area contributed by atoms with Crippen molar-refractivity contribution in [2.24, 2.45) is 5.16 Å². The fourth-order valence-electron chi connectivity index (χ4n) is 2.73. The predicted molar refractivity (Wildman–Crippen MR) is 108 cm³/mol. The van der Waals surface area contributed by atoms with Crippen molar-refractivity contribution in [3.8, 4) is 0 Å². The second kappa shape index (κ2) is 9.18. The molecule has 148 valence electrons. The number of hydrogen-bond donors (Lipinski definition) is 1. The highest BCUT2D eigenvalue weighted by molar-refractivity contribution is 7.89. The molecule has 1 amide bonds. The van der Waals surface area contributed by atoms with E-state index in [0.717, 1.165) is 18.4 Å². The Hall–Kier alpha value is -2.42. The summed E-state index contributed by atoms with van der Waals surface area (Å²) in [7, 11) is -3.46. The highest BCUT2D eigenvalue weighted by Gasteiger charge is 2.26. The van der Waals surface area contributed by atoms with E-state index in [9.17, 15) is 13.2 Å². The van der Waals surface area contributed by atoms with Crippen LogP contribution in [0.15, 0.2) is 58.6 Å². The van der Waals surface area contributed by atoms with Crippen LogP contribution in [-0.2, 0) is 19.7 Å². The van der Waals surface area contributed by atoms with Gasteiger partial charge in [0, 0.05) is 23.8 Å². The molecule has 1 aliphatic heterocycles. The standard InChI is InChI=1S/C19H20ClN3O4S/c20-16-5-3-15(4-6-16)13-21-27-14-19(24)22-17-7-9-18(10-8-17)28(25,26)23-11-1-2-12-23/h3-10,13H,1-2,11-12,14H2,(H,22,24)/b21-13+. The largest absolute Gasteiger partial charge is 0.386 e. The highest BCUT2D eigenvalue weighted by Crippen LogP contribution is 2.22. The van der Waals surface area contributed by atoms with E-state index in [-0.39, 0.29) is 11.5 Å². The summed E-state index contributed by atoms with van der Waals surface area (Å²) >= 11 is 5.79. The van der Waals surface area contributed by atoms with Gasteiger partial charge in [-0.25, -0.2) is 8.42 Å². The third kappa shape index (κ3) is 5.31. The molecule has 3 rings (SSSR count). The van der Waals surface area contributed by atoms with E-state index >= 15 is 0 Å². The number of nitrogens with one attached hydrogen (secondary N) is 1. The van der Waals surface area contributed by atoms with Gasteiger partial charge in [0.25, 0.3) is 5.91 Å². The fourth-order valence-corrected chi connectivity index (χ4v) is 4.37. The Labute approximate surface area is 169 Å². The molecule has 0 saturated carbocycles. The number of nitrogens with zero attached hydrogens (tertiary/aromatic N) is 2. The Morgan fingerprint density at radius 1 is 1.11 bits per heavy atom. The van der Waals surface area contributed by atoms with Gasteiger partial charge in [0.05, 0.1) is 11.1 Å². The number of anilines is 1. The van der Waals surface area contributed by atoms with Crippen molar-refractivity contribution in [3.05, 3.63) is 59.1 Å². The number of benzene rings is 2. The molecule has 28 heavy (non-hydrogen) atoms. The summed E-state index contributed by atoms with van der Waals surface area (Å²) in [5, 5.41) is 6.98. The molecule has 0 aliphatic carbocycles. The van der Waals surface area contributed by atoms with E-state index < -0.39 is 15.9 Å². The van der Waals surface area contributed by atoms with Crippen molar-refractivity contribution in [1.29, 1.82) is 0 Å². The molecular weight excluding hydrogens is 402 g/mol. The zero-order valence-corrected chi connectivity index (χ0v) is 16.6. The SMILES string of the molecule is O=C(CO/N=C/c1ccc(Cl)cc1)Nc1ccc(S(=O)(=O)N2CCCC2)cc1. The van der Waals surface area contributed by atoms with Crippen LogP contribution >= 0.6 is 11.6 Å². The molecule has 2 aromatic carbocycles. The number of carbonyl (C=O) groups excluding carboxylic acids is 1. The van der Waals surface area contributed by atoms with Gasteiger partial charge in [-0.2, -0.15) is 4.31 Å². The average molecular weight is 422 g/mol. The van der Waals surface area contributed by atoms with Gasteiger partial charge in [-0.3, -0.25) is 4.79 Å². The molecule has 1 aliphatic rings. The van der Waals surface area contributed by atoms with E-state index in [4.69, 9.17) is 16.4 Å². The molecule has 1 N–H and O–H groups in total. The zero-order valence-electron chi connectivity index (χ0n) is 15.0. The maximum absolute atomic E-state index is 12.5. The quantitative estimate of drug-likeness (QED) is 0.549. The van der Waals surface area contributed by atoms with Crippen LogP contribution in [0.4, 0.5) is 5.69 Å². The smallest absolute Gasteiger partial charge is 0.265 e. The monoisotopic (exact) mass is 421 g/mol. The summed E-state index contributed by atoms with van der Waals surface area (Å²) in [6, 6.07) is 13.1. The molecule has 7 nitrogen and oxygen atoms in total. The van der Waals surface area contributed by atoms with Crippen LogP contribution < -0.4 is 5.32 Å². The number of sulfonamides is 1. The topological polar surface area (TPSA) is 88.1 Å². The van der Waals surface area contributed by atoms with Crippen LogP contribution in [0.2, 0.25) is 5.02 Å². The second-order valence-electron chi connectivity index (χ2n) is 6.24. The van der Waals surface area contributed by atoms with Gasteiger partial charge in [-0.05, 0) is 54.8 Å². The van der Waals surface area contributed by atoms with Gasteiger partial charge in [-0.15, -0.1) is 0 Å². The molecule has 1 saturated heterocycles. The third-order valence-corrected chi connectivity index (χ3v) is 6.35. The Morgan fingerprint density at radius 3 is 2.39 bits per heavy atom. The first kappa shape index (κ1) is 20.3. The van der Waals surface area contributed by atoms with Gasteiger partial charge in [0.15, 0.2) is 6.61 Å². The normalized spacial score (nSPS) is 15.0. The van der Waals surface area contributed by atoms with Crippen molar-refractivity contribution in [1.82, 2.24) is 4.31 Å². The maximum Gasteiger partial charge on any atom is 0.265 e. The third-order valence-electron chi connectivity index (χ3n) is 4.18. The van der Waals surface area contributed by atoms with Gasteiger partial charge in [-0.1, -0.05) is 28.9 Å². The van der Waals surface area contributed by atoms with Crippen molar-refractivity contribution >= 4 is 39.4 Å². The van der Waals surface area contributed by atoms with E-state index in [2.05, 4.69) is 10.5 Å². The van der Waals surface area contributed by atoms with Crippen LogP contribution in [0.25, 0.3) is 0 Å². The van der Waals surface area contributed by atoms with Crippen LogP contribution in [-0.4, -0.2) is 44.5 Å². The molecule has 0 spiro atoms. The van der Waals surface area contributed by atoms with Crippen molar-refractivity contribution in [2.45, 2.75) is 17.7 Å². The van der Waals surface area contributed by atoms with Crippen molar-refractivity contribution in [3.63, 3.8) is 0 Å². The summed E-state index contributed by atoms with van der Waals surface area (Å²) in [6.45, 7) is 0.835. The first-order chi connectivity index (χ1) is 13.4. The molecular formula is C19H20ClN3O4S. The van der Waals surface area contributed by atoms with Crippen molar-refractivity contribution in [2.75, 3.05) is 25.0 Å². The van der Waals surface area contributed by atoms with E-state index in [1.807, 2.05) is 0 Å². The summed E-state index contributed by atoms with van der Waals surface area (Å²) in [4.78, 5) is 17.1. The highest BCUT2D eigenvalue weighted by atomic mass is 35.5. The Bertz CT molecular complexity index is 938. The van der Waals surface area contributed by atoms with Crippen LogP contribution in [0.5, 0.6) is 0 Å². The lowest BCUT2D eigenvalue weighted by molar-refractivity contribution is -0.120. The summed E-state index contributed by atoms with van der Waals surface area (Å²) < 4.78 is 26.4. The lowest BCUT2D eigenvalue weighted by Gasteiger charge is -2.15. The van der Waals surface area contributed by atoms with Gasteiger partial charge < -0.3 is 10.2 Å². The molecule has 1 heterocycles.